The number of hydrogen-bond donors (Lipinski definition) is 0. The molecule has 0 aliphatic heterocycles. The predicted octanol–water partition coefficient (Wildman–Crippen LogP) is 8.43. The van der Waals surface area contributed by atoms with Gasteiger partial charge in [-0.15, -0.1) is 24.5 Å². The van der Waals surface area contributed by atoms with Crippen LogP contribution in [0.4, 0.5) is 39.5 Å². The van der Waals surface area contributed by atoms with E-state index in [-0.39, 0.29) is 44.3 Å². The van der Waals surface area contributed by atoms with Gasteiger partial charge in [0, 0.05) is 0 Å². The summed E-state index contributed by atoms with van der Waals surface area (Å²) in [5.41, 5.74) is 19.8. The van der Waals surface area contributed by atoms with Crippen LogP contribution in [0.3, 0.4) is 0 Å². The average molecular weight is 610 g/mol. The van der Waals surface area contributed by atoms with E-state index >= 15 is 0 Å². The van der Waals surface area contributed by atoms with Gasteiger partial charge in [0.05, 0.1) is 0 Å². The van der Waals surface area contributed by atoms with Gasteiger partial charge in [0.2, 0.25) is 0 Å². The molecule has 31 heavy (non-hydrogen) atoms. The summed E-state index contributed by atoms with van der Waals surface area (Å²) in [5.74, 6) is 0. The number of nitrogens with one attached hydrogen (secondary N) is 3. The quantitative estimate of drug-likeness (QED) is 0.150. The largest absolute Gasteiger partial charge is 4.00 e. The van der Waals surface area contributed by atoms with Crippen molar-refractivity contribution >= 4 is 14.3 Å². The number of allylic oxidation sites excluding steroid dienone is 4. The summed E-state index contributed by atoms with van der Waals surface area (Å²) in [5, 5.41) is -18.6. The van der Waals surface area contributed by atoms with Gasteiger partial charge in [0.25, 0.3) is 0 Å². The molecule has 3 nitrogen and oxygen atoms in total. The fraction of sp³-hybridized carbons (Fsp3) is 0.765. The molecule has 0 saturated carbocycles. The van der Waals surface area contributed by atoms with E-state index in [0.717, 1.165) is 6.42 Å². The van der Waals surface area contributed by atoms with Gasteiger partial charge in [-0.1, -0.05) is 41.5 Å². The minimum atomic E-state index is -7.10. The molecular weight excluding hydrogens is 581 g/mol. The van der Waals surface area contributed by atoms with Crippen molar-refractivity contribution in [3.8, 4) is 0 Å². The van der Waals surface area contributed by atoms with Crippen LogP contribution in [0.1, 0.15) is 48.0 Å². The number of rotatable bonds is 0. The summed E-state index contributed by atoms with van der Waals surface area (Å²) in [6.07, 6.45) is 10.0. The zero-order chi connectivity index (χ0) is 25.3. The van der Waals surface area contributed by atoms with Crippen molar-refractivity contribution in [2.24, 2.45) is 0 Å². The van der Waals surface area contributed by atoms with Gasteiger partial charge >= 0.3 is 95.1 Å². The van der Waals surface area contributed by atoms with Gasteiger partial charge in [-0.2, -0.15) is 6.08 Å². The molecule has 0 bridgehead atoms. The number of alkyl halides is 9. The second-order valence-corrected chi connectivity index (χ2v) is 11.5. The molecule has 0 aromatic heterocycles. The predicted molar refractivity (Wildman–Crippen MR) is 104 cm³/mol. The van der Waals surface area contributed by atoms with Crippen molar-refractivity contribution in [1.82, 2.24) is 0 Å². The second kappa shape index (κ2) is 20.7. The Morgan fingerprint density at radius 1 is 0.677 bits per heavy atom. The van der Waals surface area contributed by atoms with Gasteiger partial charge in [-0.3, -0.25) is 6.08 Å². The average Bonchev–Trinajstić information content (AvgIpc) is 2.87. The molecule has 0 aromatic carbocycles. The first-order valence-corrected chi connectivity index (χ1v) is 11.6. The van der Waals surface area contributed by atoms with E-state index < -0.39 is 29.4 Å². The van der Waals surface area contributed by atoms with E-state index in [4.69, 9.17) is 17.2 Å². The van der Waals surface area contributed by atoms with Gasteiger partial charge in [-0.05, 0) is 0 Å². The van der Waals surface area contributed by atoms with E-state index in [0.29, 0.717) is 0 Å². The monoisotopic (exact) mass is 610 g/mol. The summed E-state index contributed by atoms with van der Waals surface area (Å²) in [6.45, 7) is 11.0. The fourth-order valence-electron chi connectivity index (χ4n) is 0.822. The van der Waals surface area contributed by atoms with Crippen LogP contribution in [-0.2, 0) is 26.2 Å². The third kappa shape index (κ3) is 44.6. The maximum absolute atomic E-state index is 11.3. The van der Waals surface area contributed by atoms with Crippen LogP contribution in [0.15, 0.2) is 18.2 Å². The van der Waals surface area contributed by atoms with E-state index in [1.165, 1.54) is 0 Å². The first kappa shape index (κ1) is 41.4. The normalized spacial score (nSPS) is 12.7. The van der Waals surface area contributed by atoms with Gasteiger partial charge in [0.15, 0.2) is 0 Å². The fourth-order valence-corrected chi connectivity index (χ4v) is 2.85. The molecule has 14 heteroatoms. The van der Waals surface area contributed by atoms with Crippen molar-refractivity contribution in [2.75, 3.05) is 0 Å². The van der Waals surface area contributed by atoms with E-state index in [1.54, 1.807) is 0 Å². The van der Waals surface area contributed by atoms with Crippen molar-refractivity contribution in [3.63, 3.8) is 0 Å². The number of hydrogen-bond acceptors (Lipinski definition) is 0. The molecule has 183 valence electrons. The van der Waals surface area contributed by atoms with Crippen LogP contribution in [0.2, 0.25) is 0 Å². The number of halogens is 9. The van der Waals surface area contributed by atoms with Crippen molar-refractivity contribution < 1.29 is 65.7 Å². The van der Waals surface area contributed by atoms with Crippen LogP contribution < -0.4 is 0 Å². The summed E-state index contributed by atoms with van der Waals surface area (Å²) in [7, 11) is 0. The van der Waals surface area contributed by atoms with E-state index in [1.807, 2.05) is 53.7 Å². The first-order valence-electron chi connectivity index (χ1n) is 8.50. The third-order valence-electron chi connectivity index (χ3n) is 1.44. The van der Waals surface area contributed by atoms with Gasteiger partial charge in [-0.25, -0.2) is 12.2 Å². The van der Waals surface area contributed by atoms with Crippen molar-refractivity contribution in [3.05, 3.63) is 41.5 Å². The zero-order valence-electron chi connectivity index (χ0n) is 18.1. The molecular formula is C17H29F9GeN3Zr. The maximum Gasteiger partial charge on any atom is 4.00 e. The van der Waals surface area contributed by atoms with Crippen molar-refractivity contribution in [1.29, 1.82) is 0 Å². The van der Waals surface area contributed by atoms with E-state index in [2.05, 4.69) is 12.2 Å². The van der Waals surface area contributed by atoms with Gasteiger partial charge in [0.1, 0.15) is 0 Å². The summed E-state index contributed by atoms with van der Waals surface area (Å²) in [6, 6.07) is 0.250. The molecule has 1 aliphatic rings. The molecule has 3 N–H and O–H groups in total. The zero-order valence-corrected chi connectivity index (χ0v) is 22.6. The Hall–Kier alpha value is 0.156. The van der Waals surface area contributed by atoms with E-state index in [9.17, 15) is 39.5 Å². The maximum atomic E-state index is 11.3. The first-order chi connectivity index (χ1) is 13.1. The molecule has 1 rings (SSSR count). The summed E-state index contributed by atoms with van der Waals surface area (Å²) < 4.78 is 102. The van der Waals surface area contributed by atoms with Crippen molar-refractivity contribution in [2.45, 2.75) is 81.1 Å². The molecule has 0 saturated heterocycles. The summed E-state index contributed by atoms with van der Waals surface area (Å²) >= 11 is -7.10. The Labute approximate surface area is 202 Å². The Bertz CT molecular complexity index is 382. The molecule has 0 fully saturated rings. The second-order valence-electron chi connectivity index (χ2n) is 6.34. The molecule has 1 aliphatic carbocycles. The Morgan fingerprint density at radius 2 is 0.903 bits per heavy atom. The van der Waals surface area contributed by atoms with Crippen LogP contribution in [0.5, 0.6) is 0 Å². The summed E-state index contributed by atoms with van der Waals surface area (Å²) in [4.78, 5) is 0. The smallest absolute Gasteiger partial charge is 0.273 e. The molecule has 0 heterocycles. The SMILES string of the molecule is CC(C)[NH-].CC(C)[NH-].CC(C)[NH-].F[C](F)(F)[Ge]([C](F)(F)F)[C](F)(F)F.[C-]1=CC=CC1.[Zr+4]. The molecule has 0 amide bonds. The van der Waals surface area contributed by atoms with Crippen LogP contribution >= 0.6 is 0 Å². The topological polar surface area (TPSA) is 71.4 Å². The molecule has 0 aromatic rings. The minimum Gasteiger partial charge on any atom is -0.273 e. The minimum absolute atomic E-state index is 0. The van der Waals surface area contributed by atoms with Crippen LogP contribution in [0, 0.1) is 6.08 Å². The Morgan fingerprint density at radius 3 is 0.935 bits per heavy atom. The van der Waals surface area contributed by atoms with Crippen LogP contribution in [0.25, 0.3) is 17.2 Å². The molecule has 0 atom stereocenters. The standard InChI is InChI=1S/C5H5.C3F9Ge.3C3H8N.Zr/c1-2-4-5-3-1;4-1(5,6)13(2(7,8)9)3(10,11)12;3*1-3(2)4;/h1-3H,4H2;;3*3-4H,1-2H3;/q-1;;3*-1;+4. The third-order valence-corrected chi connectivity index (χ3v) is 5.00. The van der Waals surface area contributed by atoms with Gasteiger partial charge < -0.3 is 17.2 Å². The molecule has 0 spiro atoms. The Balaban J connectivity index is -0.000000103. The Kier molecular flexibility index (Phi) is 27.7. The molecule has 1 radical (unpaired) electrons. The molecule has 0 unspecified atom stereocenters. The van der Waals surface area contributed by atoms with Crippen LogP contribution in [-0.4, -0.2) is 47.5 Å².